The Morgan fingerprint density at radius 1 is 1.38 bits per heavy atom. The number of anilines is 1. The van der Waals surface area contributed by atoms with Gasteiger partial charge in [-0.25, -0.2) is 0 Å². The molecule has 0 saturated carbocycles. The molecule has 0 radical (unpaired) electrons. The molecule has 0 fully saturated rings. The number of likely N-dealkylation sites (N-methyl/N-ethyl adjacent to an activating group) is 1. The van der Waals surface area contributed by atoms with E-state index in [0.717, 1.165) is 30.2 Å². The highest BCUT2D eigenvalue weighted by atomic mass is 35.5. The summed E-state index contributed by atoms with van der Waals surface area (Å²) in [6.45, 7) is 3.66. The molecule has 2 N–H and O–H groups in total. The lowest BCUT2D eigenvalue weighted by atomic mass is 10.1. The van der Waals surface area contributed by atoms with Crippen molar-refractivity contribution in [3.8, 4) is 5.75 Å². The van der Waals surface area contributed by atoms with Gasteiger partial charge in [0.15, 0.2) is 0 Å². The average molecular weight is 265 g/mol. The molecule has 0 aromatic heterocycles. The van der Waals surface area contributed by atoms with Crippen LogP contribution in [0.25, 0.3) is 0 Å². The third-order valence-corrected chi connectivity index (χ3v) is 2.60. The number of nitrogens with zero attached hydrogens (tertiary/aromatic N) is 1. The molecule has 1 atom stereocenters. The summed E-state index contributed by atoms with van der Waals surface area (Å²) in [5.74, 6) is 0.955. The van der Waals surface area contributed by atoms with Crippen LogP contribution in [0.3, 0.4) is 0 Å². The molecule has 16 heavy (non-hydrogen) atoms. The Kier molecular flexibility index (Phi) is 5.94. The largest absolute Gasteiger partial charge is 0.489 e. The molecule has 0 saturated heterocycles. The second-order valence-electron chi connectivity index (χ2n) is 3.75. The second-order valence-corrected chi connectivity index (χ2v) is 3.75. The minimum atomic E-state index is 0. The average Bonchev–Trinajstić information content (AvgIpc) is 2.17. The molecule has 92 valence electrons. The van der Waals surface area contributed by atoms with E-state index in [1.165, 1.54) is 0 Å². The molecule has 2 rings (SSSR count). The summed E-state index contributed by atoms with van der Waals surface area (Å²) in [6, 6.07) is 6.16. The second kappa shape index (κ2) is 6.18. The van der Waals surface area contributed by atoms with Gasteiger partial charge in [-0.15, -0.1) is 24.8 Å². The van der Waals surface area contributed by atoms with E-state index in [2.05, 4.69) is 18.0 Å². The molecule has 1 heterocycles. The van der Waals surface area contributed by atoms with Crippen LogP contribution >= 0.6 is 24.8 Å². The van der Waals surface area contributed by atoms with Crippen LogP contribution in [0.5, 0.6) is 5.75 Å². The van der Waals surface area contributed by atoms with Crippen molar-refractivity contribution in [2.24, 2.45) is 5.73 Å². The van der Waals surface area contributed by atoms with Gasteiger partial charge in [0, 0.05) is 18.7 Å². The Morgan fingerprint density at radius 2 is 2.06 bits per heavy atom. The molecule has 0 amide bonds. The van der Waals surface area contributed by atoms with Gasteiger partial charge in [-0.2, -0.15) is 0 Å². The van der Waals surface area contributed by atoms with Crippen molar-refractivity contribution in [3.63, 3.8) is 0 Å². The van der Waals surface area contributed by atoms with E-state index in [9.17, 15) is 0 Å². The highest BCUT2D eigenvalue weighted by molar-refractivity contribution is 5.85. The number of halogens is 2. The summed E-state index contributed by atoms with van der Waals surface area (Å²) >= 11 is 0. The van der Waals surface area contributed by atoms with Crippen molar-refractivity contribution in [1.82, 2.24) is 0 Å². The van der Waals surface area contributed by atoms with Crippen LogP contribution in [0.1, 0.15) is 18.5 Å². The molecule has 1 aliphatic rings. The van der Waals surface area contributed by atoms with E-state index in [4.69, 9.17) is 10.5 Å². The minimum Gasteiger partial charge on any atom is -0.489 e. The first-order chi connectivity index (χ1) is 6.70. The van der Waals surface area contributed by atoms with Gasteiger partial charge in [-0.1, -0.05) is 12.1 Å². The van der Waals surface area contributed by atoms with Crippen LogP contribution in [0.4, 0.5) is 5.69 Å². The third-order valence-electron chi connectivity index (χ3n) is 2.60. The van der Waals surface area contributed by atoms with E-state index < -0.39 is 0 Å². The molecule has 1 aromatic carbocycles. The third kappa shape index (κ3) is 2.73. The van der Waals surface area contributed by atoms with Gasteiger partial charge in [0.1, 0.15) is 12.4 Å². The smallest absolute Gasteiger partial charge is 0.147 e. The van der Waals surface area contributed by atoms with Crippen molar-refractivity contribution in [1.29, 1.82) is 0 Å². The van der Waals surface area contributed by atoms with E-state index in [1.54, 1.807) is 0 Å². The van der Waals surface area contributed by atoms with Crippen molar-refractivity contribution >= 4 is 30.5 Å². The lowest BCUT2D eigenvalue weighted by Crippen LogP contribution is -2.29. The first-order valence-electron chi connectivity index (χ1n) is 4.92. The van der Waals surface area contributed by atoms with Crippen LogP contribution in [-0.4, -0.2) is 20.2 Å². The number of benzene rings is 1. The van der Waals surface area contributed by atoms with Crippen molar-refractivity contribution in [2.45, 2.75) is 13.0 Å². The summed E-state index contributed by atoms with van der Waals surface area (Å²) in [5, 5.41) is 0. The van der Waals surface area contributed by atoms with Gasteiger partial charge in [0.2, 0.25) is 0 Å². The first-order valence-corrected chi connectivity index (χ1v) is 4.92. The van der Waals surface area contributed by atoms with E-state index in [-0.39, 0.29) is 30.9 Å². The van der Waals surface area contributed by atoms with Gasteiger partial charge in [-0.05, 0) is 13.0 Å². The first kappa shape index (κ1) is 15.4. The zero-order valence-electron chi connectivity index (χ0n) is 9.47. The quantitative estimate of drug-likeness (QED) is 0.847. The van der Waals surface area contributed by atoms with Gasteiger partial charge in [0.05, 0.1) is 12.2 Å². The number of fused-ring (bicyclic) bond motifs is 1. The van der Waals surface area contributed by atoms with Gasteiger partial charge in [0.25, 0.3) is 0 Å². The standard InChI is InChI=1S/C11H16N2O.2ClH/c1-8(12)9-4-3-5-10-11(9)14-7-6-13(10)2;;/h3-5,8H,6-7,12H2,1-2H3;2*1H. The van der Waals surface area contributed by atoms with Gasteiger partial charge >= 0.3 is 0 Å². The minimum absolute atomic E-state index is 0. The molecule has 0 spiro atoms. The highest BCUT2D eigenvalue weighted by Gasteiger charge is 2.19. The van der Waals surface area contributed by atoms with Crippen LogP contribution in [0.2, 0.25) is 0 Å². The van der Waals surface area contributed by atoms with Gasteiger partial charge < -0.3 is 15.4 Å². The molecular weight excluding hydrogens is 247 g/mol. The Morgan fingerprint density at radius 3 is 2.69 bits per heavy atom. The zero-order chi connectivity index (χ0) is 10.1. The Hall–Kier alpha value is -0.640. The summed E-state index contributed by atoms with van der Waals surface area (Å²) < 4.78 is 5.66. The maximum absolute atomic E-state index is 5.88. The van der Waals surface area contributed by atoms with Crippen molar-refractivity contribution in [2.75, 3.05) is 25.1 Å². The van der Waals surface area contributed by atoms with Crippen LogP contribution in [-0.2, 0) is 0 Å². The fourth-order valence-corrected chi connectivity index (χ4v) is 1.76. The van der Waals surface area contributed by atoms with E-state index >= 15 is 0 Å². The molecule has 1 aromatic rings. The summed E-state index contributed by atoms with van der Waals surface area (Å²) in [4.78, 5) is 2.20. The predicted molar refractivity (Wildman–Crippen MR) is 72.3 cm³/mol. The molecule has 5 heteroatoms. The normalized spacial score (nSPS) is 15.1. The maximum atomic E-state index is 5.88. The number of rotatable bonds is 1. The van der Waals surface area contributed by atoms with Crippen LogP contribution in [0.15, 0.2) is 18.2 Å². The Labute approximate surface area is 109 Å². The van der Waals surface area contributed by atoms with Crippen molar-refractivity contribution in [3.05, 3.63) is 23.8 Å². The molecule has 0 aliphatic carbocycles. The highest BCUT2D eigenvalue weighted by Crippen LogP contribution is 2.36. The summed E-state index contributed by atoms with van der Waals surface area (Å²) in [7, 11) is 2.08. The fourth-order valence-electron chi connectivity index (χ4n) is 1.76. The molecular formula is C11H18Cl2N2O. The Balaban J connectivity index is 0.00000112. The van der Waals surface area contributed by atoms with E-state index in [1.807, 2.05) is 19.1 Å². The van der Waals surface area contributed by atoms with E-state index in [0.29, 0.717) is 0 Å². The topological polar surface area (TPSA) is 38.5 Å². The zero-order valence-corrected chi connectivity index (χ0v) is 11.1. The van der Waals surface area contributed by atoms with Crippen LogP contribution in [0, 0.1) is 0 Å². The summed E-state index contributed by atoms with van der Waals surface area (Å²) in [5.41, 5.74) is 8.12. The van der Waals surface area contributed by atoms with Crippen LogP contribution < -0.4 is 15.4 Å². The lowest BCUT2D eigenvalue weighted by molar-refractivity contribution is 0.306. The van der Waals surface area contributed by atoms with Crippen molar-refractivity contribution < 1.29 is 4.74 Å². The predicted octanol–water partition coefficient (Wildman–Crippen LogP) is 2.38. The molecule has 0 bridgehead atoms. The number of para-hydroxylation sites is 1. The Bertz CT molecular complexity index is 331. The van der Waals surface area contributed by atoms with Gasteiger partial charge in [-0.3, -0.25) is 0 Å². The molecule has 1 aliphatic heterocycles. The number of hydrogen-bond acceptors (Lipinski definition) is 3. The lowest BCUT2D eigenvalue weighted by Gasteiger charge is -2.29. The monoisotopic (exact) mass is 264 g/mol. The maximum Gasteiger partial charge on any atom is 0.147 e. The summed E-state index contributed by atoms with van der Waals surface area (Å²) in [6.07, 6.45) is 0. The molecule has 1 unspecified atom stereocenters. The fraction of sp³-hybridized carbons (Fsp3) is 0.455. The number of nitrogens with two attached hydrogens (primary N) is 1. The molecule has 3 nitrogen and oxygen atoms in total. The SMILES string of the molecule is CC(N)c1cccc2c1OCCN2C.Cl.Cl. The number of hydrogen-bond donors (Lipinski definition) is 1. The number of ether oxygens (including phenoxy) is 1.